The van der Waals surface area contributed by atoms with Gasteiger partial charge < -0.3 is 24.3 Å². The molecule has 1 amide bonds. The van der Waals surface area contributed by atoms with Gasteiger partial charge >= 0.3 is 0 Å². The highest BCUT2D eigenvalue weighted by molar-refractivity contribution is 5.76. The molecule has 0 fully saturated rings. The number of hydrogen-bond donors (Lipinski definition) is 1. The summed E-state index contributed by atoms with van der Waals surface area (Å²) in [7, 11) is 6.39. The number of amides is 1. The fraction of sp³-hybridized carbons (Fsp3) is 0.350. The third kappa shape index (κ3) is 5.05. The fourth-order valence-electron chi connectivity index (χ4n) is 2.60. The lowest BCUT2D eigenvalue weighted by atomic mass is 10.1. The molecular weight excluding hydrogens is 334 g/mol. The van der Waals surface area contributed by atoms with Crippen LogP contribution in [0.3, 0.4) is 0 Å². The Balaban J connectivity index is 1.91. The molecule has 6 heteroatoms. The molecule has 0 unspecified atom stereocenters. The maximum absolute atomic E-state index is 12.2. The molecule has 0 saturated heterocycles. The number of carbonyl (C=O) groups excluding carboxylic acids is 1. The third-order valence-electron chi connectivity index (χ3n) is 4.05. The van der Waals surface area contributed by atoms with Crippen LogP contribution in [-0.2, 0) is 17.8 Å². The number of methoxy groups -OCH3 is 4. The van der Waals surface area contributed by atoms with Crippen molar-refractivity contribution in [2.75, 3.05) is 28.4 Å². The highest BCUT2D eigenvalue weighted by Gasteiger charge is 2.09. The number of rotatable bonds is 9. The lowest BCUT2D eigenvalue weighted by Crippen LogP contribution is -2.23. The van der Waals surface area contributed by atoms with Crippen LogP contribution in [0.15, 0.2) is 36.4 Å². The van der Waals surface area contributed by atoms with Crippen LogP contribution in [0, 0.1) is 0 Å². The molecule has 0 atom stereocenters. The van der Waals surface area contributed by atoms with Gasteiger partial charge in [0.2, 0.25) is 5.91 Å². The van der Waals surface area contributed by atoms with E-state index in [9.17, 15) is 4.79 Å². The minimum Gasteiger partial charge on any atom is -0.497 e. The smallest absolute Gasteiger partial charge is 0.220 e. The summed E-state index contributed by atoms with van der Waals surface area (Å²) < 4.78 is 21.0. The van der Waals surface area contributed by atoms with E-state index in [2.05, 4.69) is 5.32 Å². The first-order chi connectivity index (χ1) is 12.6. The Kier molecular flexibility index (Phi) is 7.14. The van der Waals surface area contributed by atoms with E-state index in [1.54, 1.807) is 28.4 Å². The van der Waals surface area contributed by atoms with Crippen molar-refractivity contribution >= 4 is 5.91 Å². The van der Waals surface area contributed by atoms with Crippen molar-refractivity contribution in [3.8, 4) is 23.0 Å². The summed E-state index contributed by atoms with van der Waals surface area (Å²) in [6.45, 7) is 0.380. The largest absolute Gasteiger partial charge is 0.497 e. The van der Waals surface area contributed by atoms with E-state index >= 15 is 0 Å². The van der Waals surface area contributed by atoms with Gasteiger partial charge in [0.15, 0.2) is 11.5 Å². The summed E-state index contributed by atoms with van der Waals surface area (Å²) in [5, 5.41) is 2.92. The Morgan fingerprint density at radius 3 is 2.19 bits per heavy atom. The molecule has 1 N–H and O–H groups in total. The average molecular weight is 359 g/mol. The fourth-order valence-corrected chi connectivity index (χ4v) is 2.60. The molecule has 0 heterocycles. The molecule has 0 spiro atoms. The Hall–Kier alpha value is -2.89. The number of ether oxygens (including phenoxy) is 4. The summed E-state index contributed by atoms with van der Waals surface area (Å²) in [6.07, 6.45) is 0.989. The SMILES string of the molecule is COc1ccc(OC)c(CNC(=O)CCc2ccc(OC)c(OC)c2)c1. The van der Waals surface area contributed by atoms with Gasteiger partial charge in [0, 0.05) is 18.5 Å². The van der Waals surface area contributed by atoms with E-state index in [1.165, 1.54) is 0 Å². The van der Waals surface area contributed by atoms with Gasteiger partial charge in [-0.2, -0.15) is 0 Å². The van der Waals surface area contributed by atoms with Gasteiger partial charge in [-0.05, 0) is 42.3 Å². The van der Waals surface area contributed by atoms with Gasteiger partial charge in [0.25, 0.3) is 0 Å². The Morgan fingerprint density at radius 2 is 1.54 bits per heavy atom. The zero-order valence-corrected chi connectivity index (χ0v) is 15.6. The van der Waals surface area contributed by atoms with Crippen LogP contribution in [0.1, 0.15) is 17.5 Å². The Labute approximate surface area is 154 Å². The first-order valence-corrected chi connectivity index (χ1v) is 8.29. The Morgan fingerprint density at radius 1 is 0.846 bits per heavy atom. The second kappa shape index (κ2) is 9.56. The summed E-state index contributed by atoms with van der Waals surface area (Å²) in [5.74, 6) is 2.73. The number of hydrogen-bond acceptors (Lipinski definition) is 5. The van der Waals surface area contributed by atoms with E-state index in [-0.39, 0.29) is 5.91 Å². The minimum absolute atomic E-state index is 0.0374. The molecule has 0 aliphatic rings. The van der Waals surface area contributed by atoms with Gasteiger partial charge in [-0.15, -0.1) is 0 Å². The highest BCUT2D eigenvalue weighted by atomic mass is 16.5. The van der Waals surface area contributed by atoms with Crippen LogP contribution < -0.4 is 24.3 Å². The molecule has 26 heavy (non-hydrogen) atoms. The standard InChI is InChI=1S/C20H25NO5/c1-23-16-7-9-17(24-2)15(12-16)13-21-20(22)10-6-14-5-8-18(25-3)19(11-14)26-4/h5,7-9,11-12H,6,10,13H2,1-4H3,(H,21,22). The number of carbonyl (C=O) groups is 1. The van der Waals surface area contributed by atoms with Gasteiger partial charge in [-0.25, -0.2) is 0 Å². The Bertz CT molecular complexity index is 745. The van der Waals surface area contributed by atoms with Crippen LogP contribution in [0.2, 0.25) is 0 Å². The second-order valence-corrected chi connectivity index (χ2v) is 5.64. The lowest BCUT2D eigenvalue weighted by Gasteiger charge is -2.12. The van der Waals surface area contributed by atoms with Crippen LogP contribution in [0.4, 0.5) is 0 Å². The van der Waals surface area contributed by atoms with Crippen molar-refractivity contribution in [2.45, 2.75) is 19.4 Å². The first-order valence-electron chi connectivity index (χ1n) is 8.29. The van der Waals surface area contributed by atoms with E-state index < -0.39 is 0 Å². The molecule has 2 aromatic rings. The third-order valence-corrected chi connectivity index (χ3v) is 4.05. The number of nitrogens with one attached hydrogen (secondary N) is 1. The molecule has 2 aromatic carbocycles. The van der Waals surface area contributed by atoms with Gasteiger partial charge in [0.05, 0.1) is 28.4 Å². The maximum atomic E-state index is 12.2. The molecule has 0 aromatic heterocycles. The van der Waals surface area contributed by atoms with E-state index in [1.807, 2.05) is 36.4 Å². The normalized spacial score (nSPS) is 10.2. The molecule has 0 saturated carbocycles. The van der Waals surface area contributed by atoms with Crippen molar-refractivity contribution < 1.29 is 23.7 Å². The molecule has 2 rings (SSSR count). The second-order valence-electron chi connectivity index (χ2n) is 5.64. The molecule has 6 nitrogen and oxygen atoms in total. The predicted molar refractivity (Wildman–Crippen MR) is 99.3 cm³/mol. The maximum Gasteiger partial charge on any atom is 0.220 e. The number of benzene rings is 2. The molecule has 0 bridgehead atoms. The van der Waals surface area contributed by atoms with Crippen molar-refractivity contribution in [3.05, 3.63) is 47.5 Å². The molecular formula is C20H25NO5. The van der Waals surface area contributed by atoms with Crippen LogP contribution in [-0.4, -0.2) is 34.3 Å². The van der Waals surface area contributed by atoms with Crippen molar-refractivity contribution in [1.82, 2.24) is 5.32 Å². The summed E-state index contributed by atoms with van der Waals surface area (Å²) in [6, 6.07) is 11.2. The lowest BCUT2D eigenvalue weighted by molar-refractivity contribution is -0.121. The summed E-state index contributed by atoms with van der Waals surface area (Å²) in [5.41, 5.74) is 1.88. The minimum atomic E-state index is -0.0374. The van der Waals surface area contributed by atoms with Crippen molar-refractivity contribution in [3.63, 3.8) is 0 Å². The van der Waals surface area contributed by atoms with Crippen molar-refractivity contribution in [2.24, 2.45) is 0 Å². The summed E-state index contributed by atoms with van der Waals surface area (Å²) in [4.78, 5) is 12.2. The summed E-state index contributed by atoms with van der Waals surface area (Å²) >= 11 is 0. The molecule has 0 aliphatic heterocycles. The van der Waals surface area contributed by atoms with Gasteiger partial charge in [0.1, 0.15) is 11.5 Å². The van der Waals surface area contributed by atoms with E-state index in [0.717, 1.165) is 16.9 Å². The average Bonchev–Trinajstić information content (AvgIpc) is 2.69. The molecule has 0 radical (unpaired) electrons. The monoisotopic (exact) mass is 359 g/mol. The zero-order valence-electron chi connectivity index (χ0n) is 15.6. The number of aryl methyl sites for hydroxylation is 1. The van der Waals surface area contributed by atoms with Crippen LogP contribution in [0.5, 0.6) is 23.0 Å². The predicted octanol–water partition coefficient (Wildman–Crippen LogP) is 2.97. The van der Waals surface area contributed by atoms with Crippen LogP contribution in [0.25, 0.3) is 0 Å². The van der Waals surface area contributed by atoms with Crippen molar-refractivity contribution in [1.29, 1.82) is 0 Å². The quantitative estimate of drug-likeness (QED) is 0.746. The molecule has 0 aliphatic carbocycles. The molecule has 140 valence electrons. The van der Waals surface area contributed by atoms with E-state index in [4.69, 9.17) is 18.9 Å². The van der Waals surface area contributed by atoms with Crippen LogP contribution >= 0.6 is 0 Å². The topological polar surface area (TPSA) is 66.0 Å². The first kappa shape index (κ1) is 19.4. The highest BCUT2D eigenvalue weighted by Crippen LogP contribution is 2.28. The van der Waals surface area contributed by atoms with Gasteiger partial charge in [-0.1, -0.05) is 6.07 Å². The van der Waals surface area contributed by atoms with Gasteiger partial charge in [-0.3, -0.25) is 4.79 Å². The van der Waals surface area contributed by atoms with E-state index in [0.29, 0.717) is 36.6 Å². The zero-order chi connectivity index (χ0) is 18.9.